The molecule has 1 aromatic carbocycles. The van der Waals surface area contributed by atoms with Crippen LogP contribution in [0.5, 0.6) is 0 Å². The first-order valence-corrected chi connectivity index (χ1v) is 6.49. The van der Waals surface area contributed by atoms with E-state index in [4.69, 9.17) is 0 Å². The molecule has 0 unspecified atom stereocenters. The minimum atomic E-state index is -0.515. The molecule has 0 aliphatic rings. The molecule has 2 aromatic rings. The summed E-state index contributed by atoms with van der Waals surface area (Å²) in [6.45, 7) is 5.83. The minimum Gasteiger partial charge on any atom is -0.340 e. The lowest BCUT2D eigenvalue weighted by atomic mass is 10.1. The molecule has 110 valence electrons. The van der Waals surface area contributed by atoms with Gasteiger partial charge in [-0.1, -0.05) is 17.7 Å². The Bertz CT molecular complexity index is 709. The number of hydrogen-bond donors (Lipinski definition) is 1. The van der Waals surface area contributed by atoms with E-state index in [0.29, 0.717) is 0 Å². The third kappa shape index (κ3) is 2.94. The van der Waals surface area contributed by atoms with Gasteiger partial charge >= 0.3 is 0 Å². The highest BCUT2D eigenvalue weighted by Gasteiger charge is 2.18. The number of carbonyl (C=O) groups is 1. The molecule has 2 rings (SSSR count). The summed E-state index contributed by atoms with van der Waals surface area (Å²) in [5, 5.41) is 13.6. The maximum absolute atomic E-state index is 12.3. The molecule has 0 aliphatic carbocycles. The predicted octanol–water partition coefficient (Wildman–Crippen LogP) is 3.11. The number of nitrogens with one attached hydrogen (secondary N) is 1. The van der Waals surface area contributed by atoms with Gasteiger partial charge in [-0.3, -0.25) is 14.9 Å². The van der Waals surface area contributed by atoms with Gasteiger partial charge in [-0.15, -0.1) is 0 Å². The van der Waals surface area contributed by atoms with Crippen molar-refractivity contribution in [2.75, 3.05) is 5.32 Å². The average Bonchev–Trinajstić information content (AvgIpc) is 2.76. The molecule has 0 saturated carbocycles. The summed E-state index contributed by atoms with van der Waals surface area (Å²) in [5.74, 6) is -0.361. The molecule has 6 nitrogen and oxygen atoms in total. The van der Waals surface area contributed by atoms with Crippen LogP contribution in [0.25, 0.3) is 0 Å². The smallest absolute Gasteiger partial charge is 0.287 e. The van der Waals surface area contributed by atoms with Gasteiger partial charge in [-0.25, -0.2) is 0 Å². The van der Waals surface area contributed by atoms with Gasteiger partial charge in [0.1, 0.15) is 5.69 Å². The van der Waals surface area contributed by atoms with Gasteiger partial charge < -0.3 is 9.88 Å². The van der Waals surface area contributed by atoms with E-state index in [1.54, 1.807) is 7.05 Å². The van der Waals surface area contributed by atoms with E-state index >= 15 is 0 Å². The molecule has 0 atom stereocenters. The lowest BCUT2D eigenvalue weighted by molar-refractivity contribution is -0.384. The Hall–Kier alpha value is -2.63. The maximum atomic E-state index is 12.3. The van der Waals surface area contributed by atoms with Crippen LogP contribution in [0.4, 0.5) is 11.4 Å². The van der Waals surface area contributed by atoms with Crippen molar-refractivity contribution in [2.24, 2.45) is 7.05 Å². The highest BCUT2D eigenvalue weighted by atomic mass is 16.6. The number of aryl methyl sites for hydroxylation is 4. The van der Waals surface area contributed by atoms with Crippen molar-refractivity contribution >= 4 is 17.3 Å². The fraction of sp³-hybridized carbons (Fsp3) is 0.267. The highest BCUT2D eigenvalue weighted by molar-refractivity contribution is 6.04. The Labute approximate surface area is 122 Å². The molecule has 1 N–H and O–H groups in total. The number of carbonyl (C=O) groups excluding carboxylic acids is 1. The predicted molar refractivity (Wildman–Crippen MR) is 80.7 cm³/mol. The van der Waals surface area contributed by atoms with Crippen molar-refractivity contribution in [2.45, 2.75) is 20.8 Å². The molecule has 0 bridgehead atoms. The number of anilines is 1. The van der Waals surface area contributed by atoms with Gasteiger partial charge in [-0.2, -0.15) is 0 Å². The molecule has 0 spiro atoms. The minimum absolute atomic E-state index is 0.0972. The number of nitrogens with zero attached hydrogens (tertiary/aromatic N) is 2. The van der Waals surface area contributed by atoms with Crippen LogP contribution in [0.1, 0.15) is 27.2 Å². The molecule has 0 radical (unpaired) electrons. The second-order valence-electron chi connectivity index (χ2n) is 5.18. The van der Waals surface area contributed by atoms with Gasteiger partial charge in [0.15, 0.2) is 0 Å². The van der Waals surface area contributed by atoms with Crippen molar-refractivity contribution in [3.8, 4) is 0 Å². The molecule has 0 saturated heterocycles. The van der Waals surface area contributed by atoms with Crippen molar-refractivity contribution in [1.82, 2.24) is 4.57 Å². The molecular weight excluding hydrogens is 270 g/mol. The lowest BCUT2D eigenvalue weighted by Crippen LogP contribution is -2.16. The first kappa shape index (κ1) is 14.8. The summed E-state index contributed by atoms with van der Waals surface area (Å²) in [5.41, 5.74) is 3.95. The third-order valence-corrected chi connectivity index (χ3v) is 3.35. The van der Waals surface area contributed by atoms with Crippen LogP contribution >= 0.6 is 0 Å². The van der Waals surface area contributed by atoms with Crippen molar-refractivity contribution < 1.29 is 9.72 Å². The number of benzene rings is 1. The topological polar surface area (TPSA) is 77.2 Å². The van der Waals surface area contributed by atoms with E-state index in [9.17, 15) is 14.9 Å². The Balaban J connectivity index is 2.33. The number of nitro groups is 1. The zero-order valence-corrected chi connectivity index (χ0v) is 12.4. The summed E-state index contributed by atoms with van der Waals surface area (Å²) < 4.78 is 1.45. The summed E-state index contributed by atoms with van der Waals surface area (Å²) in [7, 11) is 1.61. The number of aromatic nitrogens is 1. The van der Waals surface area contributed by atoms with Crippen LogP contribution in [-0.2, 0) is 7.05 Å². The van der Waals surface area contributed by atoms with Crippen LogP contribution in [-0.4, -0.2) is 15.4 Å². The fourth-order valence-electron chi connectivity index (χ4n) is 2.43. The Morgan fingerprint density at radius 3 is 2.24 bits per heavy atom. The fourth-order valence-corrected chi connectivity index (χ4v) is 2.43. The van der Waals surface area contributed by atoms with E-state index in [0.717, 1.165) is 22.4 Å². The second kappa shape index (κ2) is 5.40. The molecular formula is C15H17N3O3. The highest BCUT2D eigenvalue weighted by Crippen LogP contribution is 2.23. The van der Waals surface area contributed by atoms with Crippen LogP contribution < -0.4 is 5.32 Å². The third-order valence-electron chi connectivity index (χ3n) is 3.35. The summed E-state index contributed by atoms with van der Waals surface area (Å²) >= 11 is 0. The number of amides is 1. The molecule has 6 heteroatoms. The van der Waals surface area contributed by atoms with Crippen molar-refractivity contribution in [3.05, 3.63) is 56.9 Å². The molecule has 21 heavy (non-hydrogen) atoms. The van der Waals surface area contributed by atoms with Gasteiger partial charge in [0.25, 0.3) is 11.6 Å². The first-order chi connectivity index (χ1) is 9.79. The molecule has 0 fully saturated rings. The Morgan fingerprint density at radius 2 is 1.76 bits per heavy atom. The largest absolute Gasteiger partial charge is 0.340 e. The number of hydrogen-bond acceptors (Lipinski definition) is 3. The van der Waals surface area contributed by atoms with E-state index in [-0.39, 0.29) is 17.3 Å². The van der Waals surface area contributed by atoms with Crippen molar-refractivity contribution in [1.29, 1.82) is 0 Å². The van der Waals surface area contributed by atoms with Crippen LogP contribution in [0.3, 0.4) is 0 Å². The molecule has 1 heterocycles. The molecule has 1 aromatic heterocycles. The monoisotopic (exact) mass is 287 g/mol. The first-order valence-electron chi connectivity index (χ1n) is 6.49. The van der Waals surface area contributed by atoms with E-state index < -0.39 is 4.92 Å². The standard InChI is InChI=1S/C15H17N3O3/c1-9-5-10(2)14(11(3)6-9)16-15(19)13-7-12(18(20)21)8-17(13)4/h5-8H,1-4H3,(H,16,19). The summed E-state index contributed by atoms with van der Waals surface area (Å²) in [6.07, 6.45) is 1.32. The van der Waals surface area contributed by atoms with Crippen LogP contribution in [0.2, 0.25) is 0 Å². The normalized spacial score (nSPS) is 10.5. The Kier molecular flexibility index (Phi) is 3.80. The van der Waals surface area contributed by atoms with Gasteiger partial charge in [0, 0.05) is 18.8 Å². The summed E-state index contributed by atoms with van der Waals surface area (Å²) in [4.78, 5) is 22.5. The van der Waals surface area contributed by atoms with E-state index in [1.807, 2.05) is 32.9 Å². The SMILES string of the molecule is Cc1cc(C)c(NC(=O)c2cc([N+](=O)[O-])cn2C)c(C)c1. The number of rotatable bonds is 3. The quantitative estimate of drug-likeness (QED) is 0.696. The van der Waals surface area contributed by atoms with Gasteiger partial charge in [0.2, 0.25) is 0 Å². The van der Waals surface area contributed by atoms with Gasteiger partial charge in [-0.05, 0) is 31.9 Å². The van der Waals surface area contributed by atoms with Crippen LogP contribution in [0.15, 0.2) is 24.4 Å². The lowest BCUT2D eigenvalue weighted by Gasteiger charge is -2.13. The Morgan fingerprint density at radius 1 is 1.19 bits per heavy atom. The zero-order valence-electron chi connectivity index (χ0n) is 12.4. The van der Waals surface area contributed by atoms with Crippen molar-refractivity contribution in [3.63, 3.8) is 0 Å². The maximum Gasteiger partial charge on any atom is 0.287 e. The zero-order chi connectivity index (χ0) is 15.7. The summed E-state index contributed by atoms with van der Waals surface area (Å²) in [6, 6.07) is 5.24. The van der Waals surface area contributed by atoms with Crippen LogP contribution in [0, 0.1) is 30.9 Å². The molecule has 1 amide bonds. The average molecular weight is 287 g/mol. The second-order valence-corrected chi connectivity index (χ2v) is 5.18. The molecule has 0 aliphatic heterocycles. The van der Waals surface area contributed by atoms with Gasteiger partial charge in [0.05, 0.1) is 11.1 Å². The van der Waals surface area contributed by atoms with E-state index in [2.05, 4.69) is 5.32 Å². The van der Waals surface area contributed by atoms with E-state index in [1.165, 1.54) is 16.8 Å².